The number of ketones is 1. The van der Waals surface area contributed by atoms with Gasteiger partial charge in [-0.1, -0.05) is 54.6 Å². The van der Waals surface area contributed by atoms with Gasteiger partial charge in [0.15, 0.2) is 5.78 Å². The van der Waals surface area contributed by atoms with Crippen LogP contribution in [0.1, 0.15) is 27.4 Å². The molecule has 0 aliphatic carbocycles. The van der Waals surface area contributed by atoms with Gasteiger partial charge in [-0.05, 0) is 11.1 Å². The molecule has 0 bridgehead atoms. The molecule has 0 spiro atoms. The fourth-order valence-corrected chi connectivity index (χ4v) is 1.93. The van der Waals surface area contributed by atoms with Crippen molar-refractivity contribution in [2.75, 3.05) is 0 Å². The Morgan fingerprint density at radius 3 is 2.21 bits per heavy atom. The molecule has 2 aromatic rings. The minimum atomic E-state index is -0.755. The highest BCUT2D eigenvalue weighted by Crippen LogP contribution is 2.19. The molecule has 0 aromatic heterocycles. The van der Waals surface area contributed by atoms with Crippen molar-refractivity contribution in [3.63, 3.8) is 0 Å². The smallest absolute Gasteiger partial charge is 0.177 e. The van der Waals surface area contributed by atoms with E-state index in [-0.39, 0.29) is 5.78 Å². The third-order valence-electron chi connectivity index (χ3n) is 3.05. The van der Waals surface area contributed by atoms with Crippen molar-refractivity contribution < 1.29 is 9.59 Å². The van der Waals surface area contributed by atoms with E-state index in [9.17, 15) is 9.59 Å². The summed E-state index contributed by atoms with van der Waals surface area (Å²) in [5, 5.41) is 0. The highest BCUT2D eigenvalue weighted by atomic mass is 16.1. The van der Waals surface area contributed by atoms with Crippen LogP contribution in [0.5, 0.6) is 0 Å². The first kappa shape index (κ1) is 13.2. The van der Waals surface area contributed by atoms with Crippen molar-refractivity contribution in [3.8, 4) is 0 Å². The summed E-state index contributed by atoms with van der Waals surface area (Å²) >= 11 is 0. The molecular formula is C16H15NO2. The van der Waals surface area contributed by atoms with Gasteiger partial charge in [-0.3, -0.25) is 4.79 Å². The summed E-state index contributed by atoms with van der Waals surface area (Å²) in [7, 11) is 0. The van der Waals surface area contributed by atoms with Crippen LogP contribution in [0.4, 0.5) is 0 Å². The maximum atomic E-state index is 12.3. The Morgan fingerprint density at radius 1 is 1.05 bits per heavy atom. The molecule has 1 atom stereocenters. The first-order valence-corrected chi connectivity index (χ1v) is 6.09. The van der Waals surface area contributed by atoms with Gasteiger partial charge in [-0.2, -0.15) is 0 Å². The average molecular weight is 253 g/mol. The van der Waals surface area contributed by atoms with Crippen molar-refractivity contribution >= 4 is 12.1 Å². The molecule has 3 heteroatoms. The van der Waals surface area contributed by atoms with Crippen LogP contribution in [-0.4, -0.2) is 12.1 Å². The Kier molecular flexibility index (Phi) is 4.21. The minimum absolute atomic E-state index is 0.184. The van der Waals surface area contributed by atoms with Crippen LogP contribution in [0.25, 0.3) is 0 Å². The first-order chi connectivity index (χ1) is 9.26. The predicted octanol–water partition coefficient (Wildman–Crippen LogP) is 2.31. The zero-order chi connectivity index (χ0) is 13.7. The molecule has 0 saturated carbocycles. The largest absolute Gasteiger partial charge is 0.326 e. The predicted molar refractivity (Wildman–Crippen MR) is 73.9 cm³/mol. The molecule has 0 aliphatic heterocycles. The number of carbonyl (C=O) groups excluding carboxylic acids is 2. The molecular weight excluding hydrogens is 238 g/mol. The average Bonchev–Trinajstić information content (AvgIpc) is 2.49. The van der Waals surface area contributed by atoms with Crippen molar-refractivity contribution in [2.24, 2.45) is 5.73 Å². The zero-order valence-corrected chi connectivity index (χ0v) is 10.5. The minimum Gasteiger partial charge on any atom is -0.326 e. The zero-order valence-electron chi connectivity index (χ0n) is 10.5. The summed E-state index contributed by atoms with van der Waals surface area (Å²) < 4.78 is 0. The molecule has 19 heavy (non-hydrogen) atoms. The SMILES string of the molecule is NCc1ccc(C(C=O)C(=O)c2ccccc2)cc1. The van der Waals surface area contributed by atoms with Crippen LogP contribution in [0.15, 0.2) is 54.6 Å². The molecule has 2 N–H and O–H groups in total. The highest BCUT2D eigenvalue weighted by molar-refractivity contribution is 6.09. The van der Waals surface area contributed by atoms with Crippen molar-refractivity contribution in [2.45, 2.75) is 12.5 Å². The standard InChI is InChI=1S/C16H15NO2/c17-10-12-6-8-13(9-7-12)15(11-18)16(19)14-4-2-1-3-5-14/h1-9,11,15H,10,17H2. The van der Waals surface area contributed by atoms with Gasteiger partial charge in [0.2, 0.25) is 0 Å². The van der Waals surface area contributed by atoms with Gasteiger partial charge >= 0.3 is 0 Å². The molecule has 0 fully saturated rings. The number of Topliss-reactive ketones (excluding diaryl/α,β-unsaturated/α-hetero) is 1. The lowest BCUT2D eigenvalue weighted by Gasteiger charge is -2.10. The second-order valence-electron chi connectivity index (χ2n) is 4.29. The fourth-order valence-electron chi connectivity index (χ4n) is 1.93. The molecule has 0 saturated heterocycles. The third-order valence-corrected chi connectivity index (χ3v) is 3.05. The lowest BCUT2D eigenvalue weighted by Crippen LogP contribution is -2.14. The van der Waals surface area contributed by atoms with Gasteiger partial charge < -0.3 is 10.5 Å². The number of rotatable bonds is 5. The molecule has 1 unspecified atom stereocenters. The summed E-state index contributed by atoms with van der Waals surface area (Å²) in [5.74, 6) is -0.940. The molecule has 2 rings (SSSR count). The third kappa shape index (κ3) is 2.95. The topological polar surface area (TPSA) is 60.2 Å². The number of hydrogen-bond donors (Lipinski definition) is 1. The van der Waals surface area contributed by atoms with E-state index in [0.29, 0.717) is 24.0 Å². The number of benzene rings is 2. The molecule has 0 aliphatic rings. The van der Waals surface area contributed by atoms with Gasteiger partial charge in [-0.15, -0.1) is 0 Å². The summed E-state index contributed by atoms with van der Waals surface area (Å²) in [6.45, 7) is 0.443. The Balaban J connectivity index is 2.29. The molecule has 3 nitrogen and oxygen atoms in total. The van der Waals surface area contributed by atoms with Crippen LogP contribution in [-0.2, 0) is 11.3 Å². The summed E-state index contributed by atoms with van der Waals surface area (Å²) in [5.41, 5.74) is 7.74. The first-order valence-electron chi connectivity index (χ1n) is 6.09. The fraction of sp³-hybridized carbons (Fsp3) is 0.125. The van der Waals surface area contributed by atoms with E-state index >= 15 is 0 Å². The highest BCUT2D eigenvalue weighted by Gasteiger charge is 2.20. The second-order valence-corrected chi connectivity index (χ2v) is 4.29. The van der Waals surface area contributed by atoms with Crippen molar-refractivity contribution in [3.05, 3.63) is 71.3 Å². The van der Waals surface area contributed by atoms with E-state index in [2.05, 4.69) is 0 Å². The number of carbonyl (C=O) groups is 2. The van der Waals surface area contributed by atoms with Crippen LogP contribution < -0.4 is 5.73 Å². The van der Waals surface area contributed by atoms with Crippen LogP contribution in [0.3, 0.4) is 0 Å². The van der Waals surface area contributed by atoms with E-state index in [1.54, 1.807) is 36.4 Å². The number of nitrogens with two attached hydrogens (primary N) is 1. The van der Waals surface area contributed by atoms with Crippen molar-refractivity contribution in [1.29, 1.82) is 0 Å². The van der Waals surface area contributed by atoms with Gasteiger partial charge in [0.25, 0.3) is 0 Å². The van der Waals surface area contributed by atoms with Gasteiger partial charge in [0.1, 0.15) is 12.2 Å². The van der Waals surface area contributed by atoms with Gasteiger partial charge in [0, 0.05) is 12.1 Å². The Labute approximate surface area is 112 Å². The van der Waals surface area contributed by atoms with E-state index < -0.39 is 5.92 Å². The second kappa shape index (κ2) is 6.07. The van der Waals surface area contributed by atoms with E-state index in [1.807, 2.05) is 18.2 Å². The Bertz CT molecular complexity index is 561. The van der Waals surface area contributed by atoms with Crippen LogP contribution >= 0.6 is 0 Å². The van der Waals surface area contributed by atoms with Crippen LogP contribution in [0, 0.1) is 0 Å². The van der Waals surface area contributed by atoms with Crippen LogP contribution in [0.2, 0.25) is 0 Å². The summed E-state index contributed by atoms with van der Waals surface area (Å²) in [6.07, 6.45) is 0.687. The van der Waals surface area contributed by atoms with Gasteiger partial charge in [-0.25, -0.2) is 0 Å². The Morgan fingerprint density at radius 2 is 1.68 bits per heavy atom. The molecule has 0 radical (unpaired) electrons. The quantitative estimate of drug-likeness (QED) is 0.505. The molecule has 96 valence electrons. The monoisotopic (exact) mass is 253 g/mol. The molecule has 0 amide bonds. The van der Waals surface area contributed by atoms with Crippen molar-refractivity contribution in [1.82, 2.24) is 0 Å². The maximum absolute atomic E-state index is 12.3. The summed E-state index contributed by atoms with van der Waals surface area (Å²) in [4.78, 5) is 23.5. The normalized spacial score (nSPS) is 11.8. The summed E-state index contributed by atoms with van der Waals surface area (Å²) in [6, 6.07) is 16.1. The lowest BCUT2D eigenvalue weighted by atomic mass is 9.91. The van der Waals surface area contributed by atoms with Gasteiger partial charge in [0.05, 0.1) is 0 Å². The molecule has 0 heterocycles. The Hall–Kier alpha value is -2.26. The molecule has 2 aromatic carbocycles. The van der Waals surface area contributed by atoms with E-state index in [4.69, 9.17) is 5.73 Å². The van der Waals surface area contributed by atoms with E-state index in [0.717, 1.165) is 5.56 Å². The van der Waals surface area contributed by atoms with E-state index in [1.165, 1.54) is 0 Å². The number of hydrogen-bond acceptors (Lipinski definition) is 3. The lowest BCUT2D eigenvalue weighted by molar-refractivity contribution is -0.108. The number of aldehydes is 1. The maximum Gasteiger partial charge on any atom is 0.177 e.